The Hall–Kier alpha value is -2.25. The predicted molar refractivity (Wildman–Crippen MR) is 61.8 cm³/mol. The molecule has 1 aromatic carbocycles. The molecule has 0 unspecified atom stereocenters. The lowest BCUT2D eigenvalue weighted by molar-refractivity contribution is -0.167. The largest absolute Gasteiger partial charge is 0.471 e. The first-order valence-corrected chi connectivity index (χ1v) is 5.25. The van der Waals surface area contributed by atoms with E-state index in [1.54, 1.807) is 12.2 Å². The molecule has 1 aromatic rings. The van der Waals surface area contributed by atoms with E-state index < -0.39 is 18.2 Å². The number of nitrogens with one attached hydrogen (secondary N) is 2. The number of amides is 2. The molecule has 2 N–H and O–H groups in total. The van der Waals surface area contributed by atoms with E-state index in [2.05, 4.69) is 10.1 Å². The van der Waals surface area contributed by atoms with E-state index in [9.17, 15) is 22.8 Å². The van der Waals surface area contributed by atoms with Gasteiger partial charge in [-0.25, -0.2) is 4.79 Å². The van der Waals surface area contributed by atoms with Crippen LogP contribution in [0.1, 0.15) is 6.92 Å². The molecule has 0 spiro atoms. The van der Waals surface area contributed by atoms with E-state index in [1.165, 1.54) is 24.3 Å². The normalized spacial score (nSPS) is 10.7. The van der Waals surface area contributed by atoms with Crippen LogP contribution in [0.15, 0.2) is 24.3 Å². The van der Waals surface area contributed by atoms with Crippen LogP contribution < -0.4 is 10.6 Å². The zero-order valence-corrected chi connectivity index (χ0v) is 9.88. The Kier molecular flexibility index (Phi) is 4.74. The summed E-state index contributed by atoms with van der Waals surface area (Å²) in [6, 6.07) is 5.13. The van der Waals surface area contributed by atoms with Gasteiger partial charge in [0.05, 0.1) is 6.61 Å². The van der Waals surface area contributed by atoms with Crippen LogP contribution in [0.5, 0.6) is 0 Å². The summed E-state index contributed by atoms with van der Waals surface area (Å²) in [6.45, 7) is 1.83. The molecule has 0 aliphatic heterocycles. The minimum absolute atomic E-state index is 0.0308. The molecule has 0 atom stereocenters. The number of hydrogen-bond acceptors (Lipinski definition) is 3. The van der Waals surface area contributed by atoms with Crippen molar-refractivity contribution in [3.05, 3.63) is 24.3 Å². The fourth-order valence-corrected chi connectivity index (χ4v) is 1.12. The third-order valence-corrected chi connectivity index (χ3v) is 1.92. The van der Waals surface area contributed by atoms with E-state index in [1.807, 2.05) is 0 Å². The molecule has 2 amide bonds. The van der Waals surface area contributed by atoms with Gasteiger partial charge in [-0.05, 0) is 31.2 Å². The zero-order chi connectivity index (χ0) is 14.5. The van der Waals surface area contributed by atoms with Gasteiger partial charge in [0.15, 0.2) is 0 Å². The average molecular weight is 276 g/mol. The number of carbonyl (C=O) groups is 2. The van der Waals surface area contributed by atoms with Crippen molar-refractivity contribution < 1.29 is 27.5 Å². The summed E-state index contributed by atoms with van der Waals surface area (Å²) in [5, 5.41) is 4.04. The lowest BCUT2D eigenvalue weighted by Gasteiger charge is -2.09. The van der Waals surface area contributed by atoms with Gasteiger partial charge < -0.3 is 10.1 Å². The van der Waals surface area contributed by atoms with Gasteiger partial charge >= 0.3 is 18.2 Å². The summed E-state index contributed by atoms with van der Waals surface area (Å²) >= 11 is 0. The molecule has 0 heterocycles. The van der Waals surface area contributed by atoms with Crippen molar-refractivity contribution in [2.75, 3.05) is 17.2 Å². The lowest BCUT2D eigenvalue weighted by atomic mass is 10.3. The highest BCUT2D eigenvalue weighted by atomic mass is 19.4. The van der Waals surface area contributed by atoms with Crippen molar-refractivity contribution in [2.24, 2.45) is 0 Å². The molecule has 5 nitrogen and oxygen atoms in total. The number of hydrogen-bond donors (Lipinski definition) is 2. The molecule has 0 aliphatic rings. The fraction of sp³-hybridized carbons (Fsp3) is 0.273. The topological polar surface area (TPSA) is 67.4 Å². The predicted octanol–water partition coefficient (Wildman–Crippen LogP) is 2.76. The first kappa shape index (κ1) is 14.8. The van der Waals surface area contributed by atoms with E-state index >= 15 is 0 Å². The smallest absolute Gasteiger partial charge is 0.450 e. The van der Waals surface area contributed by atoms with Crippen molar-refractivity contribution in [1.29, 1.82) is 0 Å². The monoisotopic (exact) mass is 276 g/mol. The Morgan fingerprint density at radius 3 is 2.00 bits per heavy atom. The molecule has 104 valence electrons. The standard InChI is InChI=1S/C11H11F3N2O3/c1-2-19-10(18)16-8-5-3-7(4-6-8)15-9(17)11(12,13)14/h3-6H,2H2,1H3,(H,15,17)(H,16,18). The van der Waals surface area contributed by atoms with Crippen LogP contribution in [0, 0.1) is 0 Å². The van der Waals surface area contributed by atoms with Crippen LogP contribution in [-0.4, -0.2) is 24.8 Å². The van der Waals surface area contributed by atoms with Crippen LogP contribution >= 0.6 is 0 Å². The van der Waals surface area contributed by atoms with Crippen molar-refractivity contribution in [3.63, 3.8) is 0 Å². The summed E-state index contributed by atoms with van der Waals surface area (Å²) in [7, 11) is 0. The summed E-state index contributed by atoms with van der Waals surface area (Å²) < 4.78 is 40.6. The fourth-order valence-electron chi connectivity index (χ4n) is 1.12. The average Bonchev–Trinajstić information content (AvgIpc) is 2.30. The molecule has 0 fully saturated rings. The highest BCUT2D eigenvalue weighted by Gasteiger charge is 2.38. The molecule has 1 rings (SSSR count). The molecule has 0 aromatic heterocycles. The molecule has 0 saturated carbocycles. The minimum Gasteiger partial charge on any atom is -0.450 e. The van der Waals surface area contributed by atoms with Crippen molar-refractivity contribution in [2.45, 2.75) is 13.1 Å². The van der Waals surface area contributed by atoms with Crippen LogP contribution in [0.25, 0.3) is 0 Å². The Labute approximate surface area is 106 Å². The maximum Gasteiger partial charge on any atom is 0.471 e. The highest BCUT2D eigenvalue weighted by molar-refractivity contribution is 5.95. The number of ether oxygens (including phenoxy) is 1. The summed E-state index contributed by atoms with van der Waals surface area (Å²) in [4.78, 5) is 21.7. The molecule has 0 bridgehead atoms. The van der Waals surface area contributed by atoms with Gasteiger partial charge in [0.25, 0.3) is 0 Å². The Morgan fingerprint density at radius 1 is 1.11 bits per heavy atom. The molecule has 19 heavy (non-hydrogen) atoms. The van der Waals surface area contributed by atoms with Crippen molar-refractivity contribution in [3.8, 4) is 0 Å². The lowest BCUT2D eigenvalue weighted by Crippen LogP contribution is -2.29. The van der Waals surface area contributed by atoms with Crippen LogP contribution in [0.2, 0.25) is 0 Å². The summed E-state index contributed by atoms with van der Waals surface area (Å²) in [6.07, 6.45) is -5.61. The van der Waals surface area contributed by atoms with Crippen molar-refractivity contribution in [1.82, 2.24) is 0 Å². The number of anilines is 2. The van der Waals surface area contributed by atoms with Gasteiger partial charge in [0.2, 0.25) is 0 Å². The number of alkyl halides is 3. The van der Waals surface area contributed by atoms with Gasteiger partial charge in [-0.3, -0.25) is 10.1 Å². The third kappa shape index (κ3) is 4.86. The molecule has 0 aliphatic carbocycles. The summed E-state index contributed by atoms with van der Waals surface area (Å²) in [5.74, 6) is -2.06. The highest BCUT2D eigenvalue weighted by Crippen LogP contribution is 2.19. The van der Waals surface area contributed by atoms with Gasteiger partial charge in [0.1, 0.15) is 0 Å². The van der Waals surface area contributed by atoms with E-state index in [-0.39, 0.29) is 12.3 Å². The van der Waals surface area contributed by atoms with E-state index in [0.29, 0.717) is 5.69 Å². The second-order valence-corrected chi connectivity index (χ2v) is 3.37. The SMILES string of the molecule is CCOC(=O)Nc1ccc(NC(=O)C(F)(F)F)cc1. The van der Waals surface area contributed by atoms with Gasteiger partial charge in [-0.1, -0.05) is 0 Å². The maximum absolute atomic E-state index is 12.0. The number of carbonyl (C=O) groups excluding carboxylic acids is 2. The number of rotatable bonds is 3. The second-order valence-electron chi connectivity index (χ2n) is 3.37. The first-order chi connectivity index (χ1) is 8.82. The number of benzene rings is 1. The molecule has 0 radical (unpaired) electrons. The second kappa shape index (κ2) is 6.07. The zero-order valence-electron chi connectivity index (χ0n) is 9.88. The Balaban J connectivity index is 2.62. The van der Waals surface area contributed by atoms with E-state index in [4.69, 9.17) is 0 Å². The Morgan fingerprint density at radius 2 is 1.58 bits per heavy atom. The van der Waals surface area contributed by atoms with E-state index in [0.717, 1.165) is 0 Å². The first-order valence-electron chi connectivity index (χ1n) is 5.25. The molecular weight excluding hydrogens is 265 g/mol. The van der Waals surface area contributed by atoms with Gasteiger partial charge in [-0.2, -0.15) is 13.2 Å². The molecule has 8 heteroatoms. The van der Waals surface area contributed by atoms with Crippen LogP contribution in [0.3, 0.4) is 0 Å². The van der Waals surface area contributed by atoms with Crippen LogP contribution in [-0.2, 0) is 9.53 Å². The maximum atomic E-state index is 12.0. The van der Waals surface area contributed by atoms with Gasteiger partial charge in [0, 0.05) is 11.4 Å². The van der Waals surface area contributed by atoms with Gasteiger partial charge in [-0.15, -0.1) is 0 Å². The Bertz CT molecular complexity index is 457. The molecule has 0 saturated heterocycles. The summed E-state index contributed by atoms with van der Waals surface area (Å²) in [5.41, 5.74) is 0.306. The number of halogens is 3. The third-order valence-electron chi connectivity index (χ3n) is 1.92. The van der Waals surface area contributed by atoms with Crippen molar-refractivity contribution >= 4 is 23.4 Å². The molecular formula is C11H11F3N2O3. The quantitative estimate of drug-likeness (QED) is 0.892. The minimum atomic E-state index is -4.94. The van der Waals surface area contributed by atoms with Crippen LogP contribution in [0.4, 0.5) is 29.3 Å².